The molecule has 0 spiro atoms. The van der Waals surface area contributed by atoms with Gasteiger partial charge >= 0.3 is 0 Å². The predicted molar refractivity (Wildman–Crippen MR) is 118 cm³/mol. The number of rotatable bonds is 7. The first kappa shape index (κ1) is 23.8. The third-order valence-electron chi connectivity index (χ3n) is 5.22. The molecule has 1 aliphatic rings. The molecule has 0 bridgehead atoms. The van der Waals surface area contributed by atoms with Gasteiger partial charge in [0.1, 0.15) is 10.7 Å². The van der Waals surface area contributed by atoms with E-state index in [0.717, 1.165) is 16.4 Å². The molecule has 1 heterocycles. The number of morpholine rings is 1. The minimum atomic E-state index is -4.09. The zero-order chi connectivity index (χ0) is 23.3. The Morgan fingerprint density at radius 3 is 2.41 bits per heavy atom. The zero-order valence-corrected chi connectivity index (χ0v) is 18.8. The Morgan fingerprint density at radius 2 is 1.75 bits per heavy atom. The van der Waals surface area contributed by atoms with E-state index in [4.69, 9.17) is 4.74 Å². The molecular formula is C22H26FN3O5S. The van der Waals surface area contributed by atoms with Crippen LogP contribution in [0, 0.1) is 5.82 Å². The molecule has 0 radical (unpaired) electrons. The van der Waals surface area contributed by atoms with Gasteiger partial charge in [-0.2, -0.15) is 4.31 Å². The highest BCUT2D eigenvalue weighted by molar-refractivity contribution is 7.89. The van der Waals surface area contributed by atoms with Gasteiger partial charge in [0.25, 0.3) is 11.8 Å². The number of nitrogens with zero attached hydrogens (tertiary/aromatic N) is 2. The smallest absolute Gasteiger partial charge is 0.256 e. The molecule has 10 heteroatoms. The van der Waals surface area contributed by atoms with Gasteiger partial charge < -0.3 is 15.0 Å². The number of carbonyl (C=O) groups is 2. The summed E-state index contributed by atoms with van der Waals surface area (Å²) in [5.41, 5.74) is 0.554. The number of hydrogen-bond acceptors (Lipinski definition) is 5. The summed E-state index contributed by atoms with van der Waals surface area (Å²) in [6, 6.07) is 9.73. The lowest BCUT2D eigenvalue weighted by molar-refractivity contribution is 0.0303. The quantitative estimate of drug-likeness (QED) is 0.681. The molecule has 0 aliphatic carbocycles. The molecule has 1 fully saturated rings. The number of benzene rings is 2. The van der Waals surface area contributed by atoms with E-state index in [2.05, 4.69) is 5.32 Å². The van der Waals surface area contributed by atoms with E-state index >= 15 is 0 Å². The summed E-state index contributed by atoms with van der Waals surface area (Å²) in [5.74, 6) is -1.83. The first-order valence-electron chi connectivity index (χ1n) is 10.4. The molecule has 1 saturated heterocycles. The van der Waals surface area contributed by atoms with Gasteiger partial charge in [-0.15, -0.1) is 0 Å². The van der Waals surface area contributed by atoms with Gasteiger partial charge in [0, 0.05) is 31.7 Å². The summed E-state index contributed by atoms with van der Waals surface area (Å²) in [4.78, 5) is 26.8. The van der Waals surface area contributed by atoms with Crippen LogP contribution in [0.1, 0.15) is 34.6 Å². The fourth-order valence-corrected chi connectivity index (χ4v) is 5.00. The molecule has 0 aromatic heterocycles. The number of hydrogen-bond donors (Lipinski definition) is 1. The number of halogens is 1. The van der Waals surface area contributed by atoms with Crippen LogP contribution < -0.4 is 5.32 Å². The van der Waals surface area contributed by atoms with Crippen molar-refractivity contribution in [3.05, 3.63) is 59.4 Å². The molecule has 1 aliphatic heterocycles. The lowest BCUT2D eigenvalue weighted by atomic mass is 10.1. The van der Waals surface area contributed by atoms with Crippen LogP contribution in [0.2, 0.25) is 0 Å². The fraction of sp³-hybridized carbons (Fsp3) is 0.364. The second-order valence-electron chi connectivity index (χ2n) is 7.14. The maximum Gasteiger partial charge on any atom is 0.256 e. The molecule has 172 valence electrons. The third kappa shape index (κ3) is 4.98. The van der Waals surface area contributed by atoms with Gasteiger partial charge in [0.05, 0.1) is 24.5 Å². The van der Waals surface area contributed by atoms with Crippen molar-refractivity contribution >= 4 is 27.5 Å². The van der Waals surface area contributed by atoms with Crippen molar-refractivity contribution in [2.45, 2.75) is 18.7 Å². The van der Waals surface area contributed by atoms with Crippen LogP contribution in [0.5, 0.6) is 0 Å². The molecular weight excluding hydrogens is 437 g/mol. The predicted octanol–water partition coefficient (Wildman–Crippen LogP) is 2.58. The molecule has 2 aromatic carbocycles. The van der Waals surface area contributed by atoms with Gasteiger partial charge in [-0.25, -0.2) is 12.8 Å². The Morgan fingerprint density at radius 1 is 1.09 bits per heavy atom. The molecule has 32 heavy (non-hydrogen) atoms. The Hall–Kier alpha value is -2.82. The minimum Gasteiger partial charge on any atom is -0.378 e. The number of para-hydroxylation sites is 1. The highest BCUT2D eigenvalue weighted by atomic mass is 32.2. The molecule has 2 aromatic rings. The second-order valence-corrected chi connectivity index (χ2v) is 9.05. The Balaban J connectivity index is 1.88. The molecule has 0 saturated carbocycles. The van der Waals surface area contributed by atoms with E-state index in [9.17, 15) is 22.4 Å². The number of amides is 2. The maximum atomic E-state index is 14.4. The number of ether oxygens (including phenoxy) is 1. The lowest BCUT2D eigenvalue weighted by Crippen LogP contribution is -2.41. The summed E-state index contributed by atoms with van der Waals surface area (Å²) in [7, 11) is -4.09. The monoisotopic (exact) mass is 463 g/mol. The van der Waals surface area contributed by atoms with Crippen LogP contribution in [0.3, 0.4) is 0 Å². The summed E-state index contributed by atoms with van der Waals surface area (Å²) in [6.07, 6.45) is 0. The first-order valence-corrected chi connectivity index (χ1v) is 11.8. The Labute approximate surface area is 187 Å². The molecule has 8 nitrogen and oxygen atoms in total. The van der Waals surface area contributed by atoms with E-state index < -0.39 is 26.6 Å². The topological polar surface area (TPSA) is 96.0 Å². The molecule has 0 unspecified atom stereocenters. The maximum absolute atomic E-state index is 14.4. The number of sulfonamides is 1. The van der Waals surface area contributed by atoms with Gasteiger partial charge in [-0.1, -0.05) is 26.0 Å². The first-order chi connectivity index (χ1) is 15.3. The van der Waals surface area contributed by atoms with Crippen LogP contribution in [0.15, 0.2) is 47.4 Å². The summed E-state index contributed by atoms with van der Waals surface area (Å²) >= 11 is 0. The van der Waals surface area contributed by atoms with Gasteiger partial charge in [-0.05, 0) is 30.3 Å². The highest BCUT2D eigenvalue weighted by Gasteiger charge is 2.27. The van der Waals surface area contributed by atoms with Crippen LogP contribution in [0.4, 0.5) is 10.1 Å². The minimum absolute atomic E-state index is 0.0363. The molecule has 2 amide bonds. The van der Waals surface area contributed by atoms with Crippen molar-refractivity contribution < 1.29 is 27.1 Å². The van der Waals surface area contributed by atoms with E-state index in [1.54, 1.807) is 43.0 Å². The summed E-state index contributed by atoms with van der Waals surface area (Å²) < 4.78 is 46.3. The lowest BCUT2D eigenvalue weighted by Gasteiger charge is -2.27. The largest absolute Gasteiger partial charge is 0.378 e. The third-order valence-corrected chi connectivity index (χ3v) is 7.29. The van der Waals surface area contributed by atoms with Crippen molar-refractivity contribution in [3.8, 4) is 0 Å². The van der Waals surface area contributed by atoms with Crippen molar-refractivity contribution in [3.63, 3.8) is 0 Å². The van der Waals surface area contributed by atoms with E-state index in [0.29, 0.717) is 31.9 Å². The van der Waals surface area contributed by atoms with Crippen LogP contribution >= 0.6 is 0 Å². The average Bonchev–Trinajstić information content (AvgIpc) is 2.80. The van der Waals surface area contributed by atoms with Crippen molar-refractivity contribution in [1.82, 2.24) is 9.21 Å². The van der Waals surface area contributed by atoms with Crippen molar-refractivity contribution in [2.75, 3.05) is 44.7 Å². The highest BCUT2D eigenvalue weighted by Crippen LogP contribution is 2.23. The Bertz CT molecular complexity index is 1100. The summed E-state index contributed by atoms with van der Waals surface area (Å²) in [6.45, 7) is 5.43. The van der Waals surface area contributed by atoms with Crippen molar-refractivity contribution in [2.24, 2.45) is 0 Å². The van der Waals surface area contributed by atoms with E-state index in [-0.39, 0.29) is 30.2 Å². The Kier molecular flexibility index (Phi) is 7.60. The molecule has 1 N–H and O–H groups in total. The number of carbonyl (C=O) groups excluding carboxylic acids is 2. The average molecular weight is 464 g/mol. The van der Waals surface area contributed by atoms with Gasteiger partial charge in [0.2, 0.25) is 10.0 Å². The number of anilines is 1. The molecule has 3 rings (SSSR count). The van der Waals surface area contributed by atoms with Crippen LogP contribution in [0.25, 0.3) is 0 Å². The van der Waals surface area contributed by atoms with Gasteiger partial charge in [0.15, 0.2) is 0 Å². The standard InChI is InChI=1S/C22H26FN3O5S/c1-3-26(4-2)32(29,30)20-15-16(9-10-18(20)23)21(27)24-19-8-6-5-7-17(19)22(28)25-11-13-31-14-12-25/h5-10,15H,3-4,11-14H2,1-2H3,(H,24,27). The summed E-state index contributed by atoms with van der Waals surface area (Å²) in [5, 5.41) is 2.65. The molecule has 0 atom stereocenters. The second kappa shape index (κ2) is 10.2. The SMILES string of the molecule is CCN(CC)S(=O)(=O)c1cc(C(=O)Nc2ccccc2C(=O)N2CCOCC2)ccc1F. The van der Waals surface area contributed by atoms with Crippen LogP contribution in [-0.2, 0) is 14.8 Å². The van der Waals surface area contributed by atoms with Crippen LogP contribution in [-0.4, -0.2) is 68.8 Å². The van der Waals surface area contributed by atoms with E-state index in [1.807, 2.05) is 0 Å². The normalized spacial score (nSPS) is 14.4. The van der Waals surface area contributed by atoms with Gasteiger partial charge in [-0.3, -0.25) is 9.59 Å². The zero-order valence-electron chi connectivity index (χ0n) is 18.0. The fourth-order valence-electron chi connectivity index (χ4n) is 3.45. The number of nitrogens with one attached hydrogen (secondary N) is 1. The van der Waals surface area contributed by atoms with E-state index in [1.165, 1.54) is 6.07 Å². The van der Waals surface area contributed by atoms with Crippen molar-refractivity contribution in [1.29, 1.82) is 0 Å².